The lowest BCUT2D eigenvalue weighted by molar-refractivity contribution is 0.304. The minimum atomic E-state index is 0.622. The van der Waals surface area contributed by atoms with Crippen LogP contribution in [0.15, 0.2) is 42.5 Å². The second kappa shape index (κ2) is 5.58. The first-order valence-corrected chi connectivity index (χ1v) is 6.16. The van der Waals surface area contributed by atoms with E-state index >= 15 is 0 Å². The molecule has 0 bridgehead atoms. The maximum absolute atomic E-state index is 5.83. The number of ether oxygens (including phenoxy) is 1. The molecule has 2 aromatic carbocycles. The summed E-state index contributed by atoms with van der Waals surface area (Å²) < 4.78 is 5.83. The third kappa shape index (κ3) is 2.83. The first-order chi connectivity index (χ1) is 8.70. The third-order valence-electron chi connectivity index (χ3n) is 3.17. The van der Waals surface area contributed by atoms with Gasteiger partial charge in [-0.05, 0) is 54.8 Å². The van der Waals surface area contributed by atoms with Gasteiger partial charge in [-0.15, -0.1) is 0 Å². The molecule has 2 heteroatoms. The summed E-state index contributed by atoms with van der Waals surface area (Å²) in [7, 11) is 1.91. The van der Waals surface area contributed by atoms with Gasteiger partial charge < -0.3 is 10.1 Å². The molecule has 0 unspecified atom stereocenters. The van der Waals surface area contributed by atoms with Crippen LogP contribution in [-0.2, 0) is 6.61 Å². The first kappa shape index (κ1) is 12.5. The van der Waals surface area contributed by atoms with Gasteiger partial charge in [-0.2, -0.15) is 0 Å². The number of benzene rings is 2. The molecule has 0 aliphatic carbocycles. The molecule has 0 saturated carbocycles. The number of aryl methyl sites for hydroxylation is 2. The highest BCUT2D eigenvalue weighted by molar-refractivity contribution is 5.45. The molecule has 0 radical (unpaired) electrons. The highest BCUT2D eigenvalue weighted by atomic mass is 16.5. The second-order valence-electron chi connectivity index (χ2n) is 4.43. The Bertz CT molecular complexity index is 497. The molecule has 2 aromatic rings. The Balaban J connectivity index is 2.06. The van der Waals surface area contributed by atoms with E-state index < -0.39 is 0 Å². The highest BCUT2D eigenvalue weighted by Gasteiger charge is 2.03. The van der Waals surface area contributed by atoms with Crippen LogP contribution in [0.5, 0.6) is 5.75 Å². The average molecular weight is 241 g/mol. The first-order valence-electron chi connectivity index (χ1n) is 6.16. The molecule has 0 aliphatic heterocycles. The molecule has 1 N–H and O–H groups in total. The summed E-state index contributed by atoms with van der Waals surface area (Å²) in [5, 5.41) is 3.09. The smallest absolute Gasteiger partial charge is 0.119 e. The van der Waals surface area contributed by atoms with Crippen molar-refractivity contribution in [3.63, 3.8) is 0 Å². The molecule has 2 nitrogen and oxygen atoms in total. The van der Waals surface area contributed by atoms with E-state index in [1.165, 1.54) is 16.7 Å². The standard InChI is InChI=1S/C16H19NO/c1-12-5-4-6-13(2)16(12)11-18-15-9-7-14(17-3)8-10-15/h4-10,17H,11H2,1-3H3. The van der Waals surface area contributed by atoms with Gasteiger partial charge in [0.25, 0.3) is 0 Å². The Morgan fingerprint density at radius 1 is 0.944 bits per heavy atom. The lowest BCUT2D eigenvalue weighted by Gasteiger charge is -2.11. The van der Waals surface area contributed by atoms with Gasteiger partial charge in [-0.1, -0.05) is 18.2 Å². The zero-order valence-electron chi connectivity index (χ0n) is 11.2. The fraction of sp³-hybridized carbons (Fsp3) is 0.250. The average Bonchev–Trinajstić information content (AvgIpc) is 2.39. The molecule has 0 aliphatic rings. The minimum Gasteiger partial charge on any atom is -0.489 e. The van der Waals surface area contributed by atoms with E-state index in [9.17, 15) is 0 Å². The van der Waals surface area contributed by atoms with Crippen molar-refractivity contribution in [1.82, 2.24) is 0 Å². The third-order valence-corrected chi connectivity index (χ3v) is 3.17. The van der Waals surface area contributed by atoms with E-state index in [0.29, 0.717) is 6.61 Å². The molecule has 0 aromatic heterocycles. The molecule has 0 saturated heterocycles. The van der Waals surface area contributed by atoms with Crippen LogP contribution in [0.4, 0.5) is 5.69 Å². The molecule has 0 heterocycles. The van der Waals surface area contributed by atoms with Crippen LogP contribution in [0, 0.1) is 13.8 Å². The summed E-state index contributed by atoms with van der Waals surface area (Å²) >= 11 is 0. The van der Waals surface area contributed by atoms with Crippen LogP contribution in [0.25, 0.3) is 0 Å². The fourth-order valence-electron chi connectivity index (χ4n) is 1.95. The fourth-order valence-corrected chi connectivity index (χ4v) is 1.95. The Kier molecular flexibility index (Phi) is 3.88. The zero-order valence-corrected chi connectivity index (χ0v) is 11.2. The van der Waals surface area contributed by atoms with Crippen molar-refractivity contribution < 1.29 is 4.74 Å². The van der Waals surface area contributed by atoms with E-state index in [1.807, 2.05) is 31.3 Å². The summed E-state index contributed by atoms with van der Waals surface area (Å²) in [5.41, 5.74) is 4.92. The zero-order chi connectivity index (χ0) is 13.0. The molecule has 0 atom stereocenters. The van der Waals surface area contributed by atoms with Gasteiger partial charge in [-0.3, -0.25) is 0 Å². The predicted octanol–water partition coefficient (Wildman–Crippen LogP) is 3.92. The van der Waals surface area contributed by atoms with Crippen molar-refractivity contribution >= 4 is 5.69 Å². The predicted molar refractivity (Wildman–Crippen MR) is 76.2 cm³/mol. The number of nitrogens with one attached hydrogen (secondary N) is 1. The summed E-state index contributed by atoms with van der Waals surface area (Å²) in [4.78, 5) is 0. The van der Waals surface area contributed by atoms with Gasteiger partial charge >= 0.3 is 0 Å². The molecular weight excluding hydrogens is 222 g/mol. The minimum absolute atomic E-state index is 0.622. The van der Waals surface area contributed by atoms with E-state index in [2.05, 4.69) is 37.4 Å². The summed E-state index contributed by atoms with van der Waals surface area (Å²) in [6, 6.07) is 14.3. The van der Waals surface area contributed by atoms with Crippen LogP contribution in [0.3, 0.4) is 0 Å². The Morgan fingerprint density at radius 3 is 2.11 bits per heavy atom. The molecule has 94 valence electrons. The molecule has 0 spiro atoms. The maximum Gasteiger partial charge on any atom is 0.119 e. The largest absolute Gasteiger partial charge is 0.489 e. The van der Waals surface area contributed by atoms with Gasteiger partial charge in [0.15, 0.2) is 0 Å². The highest BCUT2D eigenvalue weighted by Crippen LogP contribution is 2.19. The monoisotopic (exact) mass is 241 g/mol. The van der Waals surface area contributed by atoms with Crippen LogP contribution in [0.2, 0.25) is 0 Å². The van der Waals surface area contributed by atoms with E-state index in [1.54, 1.807) is 0 Å². The topological polar surface area (TPSA) is 21.3 Å². The summed E-state index contributed by atoms with van der Waals surface area (Å²) in [5.74, 6) is 0.900. The van der Waals surface area contributed by atoms with Gasteiger partial charge in [-0.25, -0.2) is 0 Å². The second-order valence-corrected chi connectivity index (χ2v) is 4.43. The van der Waals surface area contributed by atoms with Crippen molar-refractivity contribution in [2.45, 2.75) is 20.5 Å². The summed E-state index contributed by atoms with van der Waals surface area (Å²) in [6.07, 6.45) is 0. The quantitative estimate of drug-likeness (QED) is 0.875. The van der Waals surface area contributed by atoms with Crippen molar-refractivity contribution in [2.24, 2.45) is 0 Å². The van der Waals surface area contributed by atoms with E-state index in [4.69, 9.17) is 4.74 Å². The van der Waals surface area contributed by atoms with Crippen molar-refractivity contribution in [2.75, 3.05) is 12.4 Å². The Morgan fingerprint density at radius 2 is 1.56 bits per heavy atom. The van der Waals surface area contributed by atoms with Crippen molar-refractivity contribution in [1.29, 1.82) is 0 Å². The van der Waals surface area contributed by atoms with E-state index in [0.717, 1.165) is 11.4 Å². The Labute approximate surface area is 109 Å². The van der Waals surface area contributed by atoms with Gasteiger partial charge in [0.2, 0.25) is 0 Å². The Hall–Kier alpha value is -1.96. The lowest BCUT2D eigenvalue weighted by atomic mass is 10.0. The summed E-state index contributed by atoms with van der Waals surface area (Å²) in [6.45, 7) is 4.86. The number of rotatable bonds is 4. The lowest BCUT2D eigenvalue weighted by Crippen LogP contribution is -2.00. The normalized spacial score (nSPS) is 10.2. The SMILES string of the molecule is CNc1ccc(OCc2c(C)cccc2C)cc1. The van der Waals surface area contributed by atoms with Gasteiger partial charge in [0, 0.05) is 12.7 Å². The van der Waals surface area contributed by atoms with Gasteiger partial charge in [0.1, 0.15) is 12.4 Å². The van der Waals surface area contributed by atoms with Crippen LogP contribution in [-0.4, -0.2) is 7.05 Å². The van der Waals surface area contributed by atoms with Gasteiger partial charge in [0.05, 0.1) is 0 Å². The maximum atomic E-state index is 5.83. The molecular formula is C16H19NO. The molecule has 0 amide bonds. The molecule has 2 rings (SSSR count). The number of hydrogen-bond acceptors (Lipinski definition) is 2. The van der Waals surface area contributed by atoms with Crippen LogP contribution < -0.4 is 10.1 Å². The van der Waals surface area contributed by atoms with Crippen LogP contribution in [0.1, 0.15) is 16.7 Å². The van der Waals surface area contributed by atoms with E-state index in [-0.39, 0.29) is 0 Å². The number of anilines is 1. The van der Waals surface area contributed by atoms with Crippen LogP contribution >= 0.6 is 0 Å². The van der Waals surface area contributed by atoms with Crippen molar-refractivity contribution in [3.05, 3.63) is 59.2 Å². The number of hydrogen-bond donors (Lipinski definition) is 1. The van der Waals surface area contributed by atoms with Crippen molar-refractivity contribution in [3.8, 4) is 5.75 Å². The molecule has 18 heavy (non-hydrogen) atoms. The molecule has 0 fully saturated rings.